The molecule has 0 amide bonds. The number of aromatic nitrogens is 4. The third-order valence-electron chi connectivity index (χ3n) is 7.88. The molecule has 2 aliphatic heterocycles. The smallest absolute Gasteiger partial charge is 0.355 e. The van der Waals surface area contributed by atoms with E-state index < -0.39 is 12.2 Å². The summed E-state index contributed by atoms with van der Waals surface area (Å²) in [5, 5.41) is 9.29. The van der Waals surface area contributed by atoms with Crippen molar-refractivity contribution in [1.82, 2.24) is 24.6 Å². The van der Waals surface area contributed by atoms with Gasteiger partial charge >= 0.3 is 6.18 Å². The van der Waals surface area contributed by atoms with Crippen LogP contribution in [-0.4, -0.2) is 50.0 Å². The Morgan fingerprint density at radius 1 is 1.08 bits per heavy atom. The van der Waals surface area contributed by atoms with Crippen molar-refractivity contribution in [3.05, 3.63) is 64.1 Å². The molecule has 190 valence electrons. The number of halogens is 5. The number of anilines is 1. The van der Waals surface area contributed by atoms with Crippen molar-refractivity contribution in [1.29, 1.82) is 0 Å². The van der Waals surface area contributed by atoms with E-state index in [1.165, 1.54) is 17.9 Å². The zero-order valence-corrected chi connectivity index (χ0v) is 20.6. The van der Waals surface area contributed by atoms with E-state index in [1.54, 1.807) is 25.1 Å². The van der Waals surface area contributed by atoms with E-state index in [0.717, 1.165) is 48.8 Å². The molecular formula is C25H25ClF4N6. The average Bonchev–Trinajstić information content (AvgIpc) is 3.08. The zero-order chi connectivity index (χ0) is 25.4. The Morgan fingerprint density at radius 3 is 2.53 bits per heavy atom. The number of hydrogen-bond acceptors (Lipinski definition) is 5. The summed E-state index contributed by atoms with van der Waals surface area (Å²) >= 11 is 6.22. The molecule has 4 heterocycles. The van der Waals surface area contributed by atoms with Gasteiger partial charge in [-0.3, -0.25) is 9.47 Å². The lowest BCUT2D eigenvalue weighted by Gasteiger charge is -2.59. The maximum atomic E-state index is 13.6. The Hall–Kier alpha value is -2.72. The molecule has 2 aromatic heterocycles. The van der Waals surface area contributed by atoms with Crippen molar-refractivity contribution < 1.29 is 17.6 Å². The maximum absolute atomic E-state index is 13.6. The largest absolute Gasteiger partial charge is 0.403 e. The Labute approximate surface area is 210 Å². The van der Waals surface area contributed by atoms with Gasteiger partial charge in [-0.2, -0.15) is 13.2 Å². The molecule has 36 heavy (non-hydrogen) atoms. The monoisotopic (exact) mass is 520 g/mol. The number of alkyl halides is 3. The number of nitrogens with zero attached hydrogens (tertiary/aromatic N) is 6. The molecule has 3 aromatic rings. The molecule has 6 nitrogen and oxygen atoms in total. The molecule has 1 unspecified atom stereocenters. The maximum Gasteiger partial charge on any atom is 0.403 e. The van der Waals surface area contributed by atoms with Gasteiger partial charge in [0, 0.05) is 36.0 Å². The molecule has 3 aliphatic rings. The molecule has 0 radical (unpaired) electrons. The molecule has 1 spiro atoms. The Morgan fingerprint density at radius 2 is 1.83 bits per heavy atom. The summed E-state index contributed by atoms with van der Waals surface area (Å²) in [6.07, 6.45) is -2.54. The summed E-state index contributed by atoms with van der Waals surface area (Å²) in [7, 11) is 0. The van der Waals surface area contributed by atoms with Crippen LogP contribution in [0.2, 0.25) is 5.02 Å². The van der Waals surface area contributed by atoms with Gasteiger partial charge in [0.2, 0.25) is 0 Å². The van der Waals surface area contributed by atoms with Crippen LogP contribution in [0.4, 0.5) is 23.4 Å². The van der Waals surface area contributed by atoms with Gasteiger partial charge in [0.15, 0.2) is 5.82 Å². The lowest BCUT2D eigenvalue weighted by Crippen LogP contribution is -2.62. The summed E-state index contributed by atoms with van der Waals surface area (Å²) < 4.78 is 56.3. The van der Waals surface area contributed by atoms with Gasteiger partial charge in [-0.15, -0.1) is 10.2 Å². The average molecular weight is 521 g/mol. The van der Waals surface area contributed by atoms with Gasteiger partial charge in [-0.1, -0.05) is 11.6 Å². The molecule has 0 N–H and O–H groups in total. The molecule has 6 rings (SSSR count). The van der Waals surface area contributed by atoms with Crippen molar-refractivity contribution in [2.24, 2.45) is 5.41 Å². The Bertz CT molecular complexity index is 1320. The van der Waals surface area contributed by atoms with Crippen LogP contribution < -0.4 is 4.90 Å². The third kappa shape index (κ3) is 3.85. The van der Waals surface area contributed by atoms with Gasteiger partial charge in [0.1, 0.15) is 23.5 Å². The second kappa shape index (κ2) is 8.14. The number of fused-ring (bicyclic) bond motifs is 3. The second-order valence-electron chi connectivity index (χ2n) is 10.4. The van der Waals surface area contributed by atoms with E-state index in [9.17, 15) is 17.6 Å². The summed E-state index contributed by atoms with van der Waals surface area (Å²) in [6.45, 7) is 4.67. The number of hydrogen-bond donors (Lipinski definition) is 0. The summed E-state index contributed by atoms with van der Waals surface area (Å²) in [4.78, 5) is 7.88. The summed E-state index contributed by atoms with van der Waals surface area (Å²) in [6, 6.07) is 6.85. The van der Waals surface area contributed by atoms with Crippen molar-refractivity contribution >= 4 is 17.4 Å². The second-order valence-corrected chi connectivity index (χ2v) is 10.8. The lowest BCUT2D eigenvalue weighted by atomic mass is 9.57. The zero-order valence-electron chi connectivity index (χ0n) is 19.9. The number of aryl methyl sites for hydroxylation is 1. The van der Waals surface area contributed by atoms with Gasteiger partial charge in [-0.25, -0.2) is 9.37 Å². The highest BCUT2D eigenvalue weighted by Crippen LogP contribution is 2.56. The fourth-order valence-corrected chi connectivity index (χ4v) is 6.05. The predicted molar refractivity (Wildman–Crippen MR) is 127 cm³/mol. The van der Waals surface area contributed by atoms with E-state index in [1.807, 2.05) is 10.6 Å². The van der Waals surface area contributed by atoms with E-state index in [-0.39, 0.29) is 30.2 Å². The van der Waals surface area contributed by atoms with Crippen LogP contribution in [0.25, 0.3) is 5.69 Å². The van der Waals surface area contributed by atoms with Gasteiger partial charge in [-0.05, 0) is 62.6 Å². The van der Waals surface area contributed by atoms with Crippen LogP contribution in [0.3, 0.4) is 0 Å². The Balaban J connectivity index is 1.24. The first-order valence-electron chi connectivity index (χ1n) is 11.9. The quantitative estimate of drug-likeness (QED) is 0.432. The van der Waals surface area contributed by atoms with E-state index in [4.69, 9.17) is 11.6 Å². The molecule has 1 atom stereocenters. The SMILES string of the molecule is Cc1nc(N2CC3(CC(c4nnc5n4-c4ccc(Cl)cc4CN(C(C)C(F)(F)F)C5)C3)C2)ccc1F. The van der Waals surface area contributed by atoms with Crippen LogP contribution in [-0.2, 0) is 13.1 Å². The molecule has 1 aliphatic carbocycles. The first-order valence-corrected chi connectivity index (χ1v) is 12.3. The molecular weight excluding hydrogens is 496 g/mol. The van der Waals surface area contributed by atoms with Gasteiger partial charge < -0.3 is 4.90 Å². The minimum atomic E-state index is -4.36. The van der Waals surface area contributed by atoms with Crippen molar-refractivity contribution in [2.45, 2.75) is 57.9 Å². The normalized spacial score (nSPS) is 20.4. The molecule has 1 saturated carbocycles. The summed E-state index contributed by atoms with van der Waals surface area (Å²) in [5.41, 5.74) is 2.04. The third-order valence-corrected chi connectivity index (χ3v) is 8.12. The van der Waals surface area contributed by atoms with Gasteiger partial charge in [0.25, 0.3) is 0 Å². The number of benzene rings is 1. The fourth-order valence-electron chi connectivity index (χ4n) is 5.85. The van der Waals surface area contributed by atoms with E-state index in [2.05, 4.69) is 20.1 Å². The van der Waals surface area contributed by atoms with Crippen LogP contribution >= 0.6 is 11.6 Å². The highest BCUT2D eigenvalue weighted by molar-refractivity contribution is 6.30. The standard InChI is InChI=1S/C25H25ClF4N6/c1-14-19(27)4-6-21(31-14)35-12-24(13-35)8-17(9-24)23-33-32-22-11-34(15(2)25(28,29)30)10-16-7-18(26)3-5-20(16)36(22)23/h3-7,15,17H,8-13H2,1-2H3. The van der Waals surface area contributed by atoms with E-state index >= 15 is 0 Å². The number of rotatable bonds is 3. The van der Waals surface area contributed by atoms with Crippen LogP contribution in [0, 0.1) is 18.2 Å². The first-order chi connectivity index (χ1) is 17.0. The molecule has 11 heteroatoms. The first kappa shape index (κ1) is 23.7. The van der Waals surface area contributed by atoms with Crippen molar-refractivity contribution in [2.75, 3.05) is 18.0 Å². The molecule has 1 saturated heterocycles. The van der Waals surface area contributed by atoms with Crippen molar-refractivity contribution in [3.8, 4) is 5.69 Å². The fraction of sp³-hybridized carbons (Fsp3) is 0.480. The molecule has 0 bridgehead atoms. The van der Waals surface area contributed by atoms with E-state index in [0.29, 0.717) is 16.5 Å². The van der Waals surface area contributed by atoms with Crippen LogP contribution in [0.5, 0.6) is 0 Å². The highest BCUT2D eigenvalue weighted by atomic mass is 35.5. The van der Waals surface area contributed by atoms with Crippen LogP contribution in [0.1, 0.15) is 48.6 Å². The topological polar surface area (TPSA) is 50.1 Å². The van der Waals surface area contributed by atoms with Crippen LogP contribution in [0.15, 0.2) is 30.3 Å². The van der Waals surface area contributed by atoms with Crippen molar-refractivity contribution in [3.63, 3.8) is 0 Å². The molecule has 2 fully saturated rings. The predicted octanol–water partition coefficient (Wildman–Crippen LogP) is 5.41. The minimum absolute atomic E-state index is 0.0429. The summed E-state index contributed by atoms with van der Waals surface area (Å²) in [5.74, 6) is 1.92. The van der Waals surface area contributed by atoms with Gasteiger partial charge in [0.05, 0.1) is 17.9 Å². The number of pyridine rings is 1. The lowest BCUT2D eigenvalue weighted by molar-refractivity contribution is -0.182. The molecule has 1 aromatic carbocycles. The highest BCUT2D eigenvalue weighted by Gasteiger charge is 2.54. The Kier molecular flexibility index (Phi) is 5.35. The minimum Gasteiger partial charge on any atom is -0.355 e.